The minimum atomic E-state index is 0.305. The van der Waals surface area contributed by atoms with Gasteiger partial charge < -0.3 is 14.2 Å². The van der Waals surface area contributed by atoms with Crippen molar-refractivity contribution in [1.29, 1.82) is 0 Å². The van der Waals surface area contributed by atoms with Crippen LogP contribution in [0.3, 0.4) is 0 Å². The van der Waals surface area contributed by atoms with Gasteiger partial charge in [0, 0.05) is 12.5 Å². The standard InChI is InChI=1S/C19H16NO3/c1-21-19-14-5-3-2-4-12(14)8-16-15-10-18-17(22-11-23-18)9-13(15)6-7-20(16)19/h2-5,8-10H,6-7,11H2,1H3/q+1. The van der Waals surface area contributed by atoms with Gasteiger partial charge in [0.2, 0.25) is 12.5 Å². The zero-order chi connectivity index (χ0) is 15.4. The quantitative estimate of drug-likeness (QED) is 0.648. The van der Waals surface area contributed by atoms with Crippen molar-refractivity contribution in [3.05, 3.63) is 48.0 Å². The molecule has 0 bridgehead atoms. The number of ether oxygens (including phenoxy) is 3. The van der Waals surface area contributed by atoms with Crippen LogP contribution in [0, 0.1) is 0 Å². The second kappa shape index (κ2) is 4.62. The van der Waals surface area contributed by atoms with E-state index in [0.29, 0.717) is 6.79 Å². The predicted molar refractivity (Wildman–Crippen MR) is 86.0 cm³/mol. The molecule has 114 valence electrons. The van der Waals surface area contributed by atoms with Crippen molar-refractivity contribution in [2.24, 2.45) is 0 Å². The molecular formula is C19H16NO3+. The largest absolute Gasteiger partial charge is 0.454 e. The maximum Gasteiger partial charge on any atom is 0.376 e. The maximum atomic E-state index is 5.74. The molecule has 0 saturated carbocycles. The molecule has 3 heterocycles. The van der Waals surface area contributed by atoms with Crippen LogP contribution in [0.25, 0.3) is 22.0 Å². The van der Waals surface area contributed by atoms with E-state index in [4.69, 9.17) is 14.2 Å². The van der Waals surface area contributed by atoms with Crippen LogP contribution >= 0.6 is 0 Å². The Kier molecular flexibility index (Phi) is 2.56. The summed E-state index contributed by atoms with van der Waals surface area (Å²) in [4.78, 5) is 0. The van der Waals surface area contributed by atoms with Gasteiger partial charge in [-0.15, -0.1) is 0 Å². The highest BCUT2D eigenvalue weighted by atomic mass is 16.7. The Balaban J connectivity index is 1.83. The van der Waals surface area contributed by atoms with Crippen LogP contribution in [0.15, 0.2) is 42.5 Å². The van der Waals surface area contributed by atoms with E-state index in [9.17, 15) is 0 Å². The fraction of sp³-hybridized carbons (Fsp3) is 0.211. The second-order valence-corrected chi connectivity index (χ2v) is 5.89. The third-order valence-electron chi connectivity index (χ3n) is 4.69. The second-order valence-electron chi connectivity index (χ2n) is 5.89. The number of methoxy groups -OCH3 is 1. The van der Waals surface area contributed by atoms with E-state index in [0.717, 1.165) is 35.7 Å². The number of nitrogens with zero attached hydrogens (tertiary/aromatic N) is 1. The van der Waals surface area contributed by atoms with Crippen LogP contribution in [0.5, 0.6) is 17.4 Å². The molecule has 0 spiro atoms. The third kappa shape index (κ3) is 1.75. The zero-order valence-electron chi connectivity index (χ0n) is 12.8. The number of rotatable bonds is 1. The molecule has 3 aromatic rings. The Bertz CT molecular complexity index is 949. The van der Waals surface area contributed by atoms with Gasteiger partial charge in [0.15, 0.2) is 18.0 Å². The lowest BCUT2D eigenvalue weighted by Crippen LogP contribution is -2.41. The van der Waals surface area contributed by atoms with Crippen molar-refractivity contribution in [2.45, 2.75) is 13.0 Å². The Morgan fingerprint density at radius 2 is 1.87 bits per heavy atom. The van der Waals surface area contributed by atoms with Crippen molar-refractivity contribution >= 4 is 10.8 Å². The minimum Gasteiger partial charge on any atom is -0.454 e. The summed E-state index contributed by atoms with van der Waals surface area (Å²) < 4.78 is 19.1. The van der Waals surface area contributed by atoms with Gasteiger partial charge in [0.25, 0.3) is 0 Å². The number of aryl methyl sites for hydroxylation is 1. The molecule has 0 atom stereocenters. The smallest absolute Gasteiger partial charge is 0.376 e. The molecule has 4 nitrogen and oxygen atoms in total. The molecule has 5 rings (SSSR count). The molecule has 0 N–H and O–H groups in total. The number of aromatic nitrogens is 1. The van der Waals surface area contributed by atoms with Crippen molar-refractivity contribution < 1.29 is 18.8 Å². The van der Waals surface area contributed by atoms with Crippen LogP contribution < -0.4 is 18.8 Å². The van der Waals surface area contributed by atoms with E-state index < -0.39 is 0 Å². The molecule has 23 heavy (non-hydrogen) atoms. The van der Waals surface area contributed by atoms with Crippen LogP contribution in [0.4, 0.5) is 0 Å². The van der Waals surface area contributed by atoms with Gasteiger partial charge in [-0.25, -0.2) is 0 Å². The molecule has 4 heteroatoms. The SMILES string of the molecule is COc1c2ccccc2cc2[n+]1CCc1cc3c(cc1-2)OCO3. The molecule has 0 radical (unpaired) electrons. The third-order valence-corrected chi connectivity index (χ3v) is 4.69. The summed E-state index contributed by atoms with van der Waals surface area (Å²) in [6, 6.07) is 14.8. The van der Waals surface area contributed by atoms with E-state index in [-0.39, 0.29) is 0 Å². The van der Waals surface area contributed by atoms with Crippen molar-refractivity contribution in [3.8, 4) is 28.6 Å². The van der Waals surface area contributed by atoms with Crippen molar-refractivity contribution in [2.75, 3.05) is 13.9 Å². The van der Waals surface area contributed by atoms with Gasteiger partial charge in [-0.1, -0.05) is 18.2 Å². The maximum absolute atomic E-state index is 5.74. The molecule has 0 amide bonds. The summed E-state index contributed by atoms with van der Waals surface area (Å²) in [6.07, 6.45) is 0.957. The molecule has 2 aliphatic heterocycles. The lowest BCUT2D eigenvalue weighted by molar-refractivity contribution is -0.691. The fourth-order valence-electron chi connectivity index (χ4n) is 3.62. The summed E-state index contributed by atoms with van der Waals surface area (Å²) in [5.74, 6) is 2.59. The van der Waals surface area contributed by atoms with Crippen LogP contribution in [-0.2, 0) is 13.0 Å². The van der Waals surface area contributed by atoms with Crippen LogP contribution in [-0.4, -0.2) is 13.9 Å². The number of hydrogen-bond acceptors (Lipinski definition) is 3. The predicted octanol–water partition coefficient (Wildman–Crippen LogP) is 3.09. The number of hydrogen-bond donors (Lipinski definition) is 0. The molecule has 2 aliphatic rings. The van der Waals surface area contributed by atoms with Gasteiger partial charge >= 0.3 is 5.88 Å². The first kappa shape index (κ1) is 12.8. The number of pyridine rings is 1. The minimum absolute atomic E-state index is 0.305. The monoisotopic (exact) mass is 306 g/mol. The summed E-state index contributed by atoms with van der Waals surface area (Å²) in [5.41, 5.74) is 3.66. The number of benzene rings is 2. The molecule has 0 fully saturated rings. The van der Waals surface area contributed by atoms with Gasteiger partial charge in [-0.3, -0.25) is 0 Å². The van der Waals surface area contributed by atoms with E-state index in [1.165, 1.54) is 22.2 Å². The number of fused-ring (bicyclic) bond motifs is 5. The molecular weight excluding hydrogens is 290 g/mol. The first-order valence-electron chi connectivity index (χ1n) is 7.77. The molecule has 0 unspecified atom stereocenters. The van der Waals surface area contributed by atoms with Gasteiger partial charge in [-0.05, 0) is 29.1 Å². The van der Waals surface area contributed by atoms with Gasteiger partial charge in [-0.2, -0.15) is 4.57 Å². The fourth-order valence-corrected chi connectivity index (χ4v) is 3.62. The summed E-state index contributed by atoms with van der Waals surface area (Å²) in [7, 11) is 1.74. The summed E-state index contributed by atoms with van der Waals surface area (Å²) in [5, 5.41) is 2.32. The van der Waals surface area contributed by atoms with Crippen molar-refractivity contribution in [1.82, 2.24) is 0 Å². The lowest BCUT2D eigenvalue weighted by Gasteiger charge is -2.18. The highest BCUT2D eigenvalue weighted by Gasteiger charge is 2.31. The zero-order valence-corrected chi connectivity index (χ0v) is 12.8. The van der Waals surface area contributed by atoms with E-state index in [2.05, 4.69) is 41.0 Å². The Hall–Kier alpha value is -2.75. The average Bonchev–Trinajstić information content (AvgIpc) is 3.05. The highest BCUT2D eigenvalue weighted by molar-refractivity contribution is 5.88. The lowest BCUT2D eigenvalue weighted by atomic mass is 9.95. The summed E-state index contributed by atoms with van der Waals surface area (Å²) >= 11 is 0. The normalized spacial score (nSPS) is 14.5. The van der Waals surface area contributed by atoms with Gasteiger partial charge in [0.05, 0.1) is 18.1 Å². The van der Waals surface area contributed by atoms with E-state index in [1.54, 1.807) is 7.11 Å². The van der Waals surface area contributed by atoms with Crippen LogP contribution in [0.1, 0.15) is 5.56 Å². The Labute approximate surface area is 133 Å². The first-order valence-corrected chi connectivity index (χ1v) is 7.77. The summed E-state index contributed by atoms with van der Waals surface area (Å²) in [6.45, 7) is 1.20. The molecule has 2 aromatic carbocycles. The van der Waals surface area contributed by atoms with Crippen LogP contribution in [0.2, 0.25) is 0 Å². The Morgan fingerprint density at radius 3 is 2.74 bits per heavy atom. The molecule has 1 aromatic heterocycles. The first-order chi connectivity index (χ1) is 11.3. The topological polar surface area (TPSA) is 31.6 Å². The molecule has 0 saturated heterocycles. The Morgan fingerprint density at radius 1 is 1.04 bits per heavy atom. The molecule has 0 aliphatic carbocycles. The highest BCUT2D eigenvalue weighted by Crippen LogP contribution is 2.40. The van der Waals surface area contributed by atoms with Gasteiger partial charge in [0.1, 0.15) is 0 Å². The average molecular weight is 306 g/mol. The van der Waals surface area contributed by atoms with E-state index in [1.807, 2.05) is 6.07 Å². The van der Waals surface area contributed by atoms with Crippen molar-refractivity contribution in [3.63, 3.8) is 0 Å². The van der Waals surface area contributed by atoms with E-state index >= 15 is 0 Å².